The first kappa shape index (κ1) is 14.4. The van der Waals surface area contributed by atoms with Gasteiger partial charge in [0.05, 0.1) is 24.0 Å². The van der Waals surface area contributed by atoms with Crippen LogP contribution in [-0.2, 0) is 4.79 Å². The van der Waals surface area contributed by atoms with Gasteiger partial charge < -0.3 is 10.1 Å². The highest BCUT2D eigenvalue weighted by molar-refractivity contribution is 7.99. The number of nitriles is 1. The third-order valence-electron chi connectivity index (χ3n) is 2.20. The number of rotatable bonds is 7. The van der Waals surface area contributed by atoms with E-state index in [2.05, 4.69) is 11.4 Å². The van der Waals surface area contributed by atoms with Gasteiger partial charge >= 0.3 is 0 Å². The van der Waals surface area contributed by atoms with Gasteiger partial charge in [-0.05, 0) is 36.4 Å². The molecule has 0 aliphatic carbocycles. The van der Waals surface area contributed by atoms with E-state index in [1.807, 2.05) is 0 Å². The third kappa shape index (κ3) is 5.60. The second-order valence-corrected chi connectivity index (χ2v) is 4.67. The lowest BCUT2D eigenvalue weighted by molar-refractivity contribution is -0.118. The highest BCUT2D eigenvalue weighted by atomic mass is 32.2. The molecule has 0 fully saturated rings. The Morgan fingerprint density at radius 2 is 2.17 bits per heavy atom. The molecule has 0 atom stereocenters. The normalized spacial score (nSPS) is 9.56. The number of nitrogens with zero attached hydrogens (tertiary/aromatic N) is 1. The predicted octanol–water partition coefficient (Wildman–Crippen LogP) is 1.81. The summed E-state index contributed by atoms with van der Waals surface area (Å²) in [6, 6.07) is 9.10. The van der Waals surface area contributed by atoms with Crippen molar-refractivity contribution in [1.29, 1.82) is 5.26 Å². The summed E-state index contributed by atoms with van der Waals surface area (Å²) < 4.78 is 5.52. The summed E-state index contributed by atoms with van der Waals surface area (Å²) in [6.45, 7) is 0.618. The number of benzene rings is 1. The van der Waals surface area contributed by atoms with E-state index in [0.29, 0.717) is 17.9 Å². The van der Waals surface area contributed by atoms with Crippen molar-refractivity contribution >= 4 is 17.7 Å². The monoisotopic (exact) mass is 264 g/mol. The average Bonchev–Trinajstić information content (AvgIpc) is 2.43. The summed E-state index contributed by atoms with van der Waals surface area (Å²) in [7, 11) is 1.64. The quantitative estimate of drug-likeness (QED) is 0.763. The molecule has 0 unspecified atom stereocenters. The molecular weight excluding hydrogens is 248 g/mol. The van der Waals surface area contributed by atoms with Crippen molar-refractivity contribution in [3.63, 3.8) is 0 Å². The highest BCUT2D eigenvalue weighted by Crippen LogP contribution is 2.12. The van der Waals surface area contributed by atoms with Crippen LogP contribution in [0.2, 0.25) is 0 Å². The van der Waals surface area contributed by atoms with Crippen molar-refractivity contribution in [1.82, 2.24) is 5.32 Å². The summed E-state index contributed by atoms with van der Waals surface area (Å²) in [5.41, 5.74) is 0.628. The van der Waals surface area contributed by atoms with E-state index in [0.717, 1.165) is 17.9 Å². The molecule has 0 bridgehead atoms. The van der Waals surface area contributed by atoms with Crippen LogP contribution in [0, 0.1) is 11.3 Å². The van der Waals surface area contributed by atoms with Crippen LogP contribution < -0.4 is 10.1 Å². The second-order valence-electron chi connectivity index (χ2n) is 3.56. The predicted molar refractivity (Wildman–Crippen MR) is 72.7 cm³/mol. The second kappa shape index (κ2) is 8.43. The maximum absolute atomic E-state index is 10.9. The van der Waals surface area contributed by atoms with Crippen LogP contribution in [0.4, 0.5) is 0 Å². The van der Waals surface area contributed by atoms with Gasteiger partial charge in [0.15, 0.2) is 0 Å². The zero-order valence-corrected chi connectivity index (χ0v) is 11.1. The first-order valence-corrected chi connectivity index (χ1v) is 6.83. The number of hydrogen-bond donors (Lipinski definition) is 1. The lowest BCUT2D eigenvalue weighted by Gasteiger charge is -2.05. The molecule has 0 aromatic heterocycles. The zero-order chi connectivity index (χ0) is 13.2. The Morgan fingerprint density at radius 1 is 1.44 bits per heavy atom. The number of hydrogen-bond acceptors (Lipinski definition) is 4. The van der Waals surface area contributed by atoms with Gasteiger partial charge in [-0.25, -0.2) is 0 Å². The highest BCUT2D eigenvalue weighted by Gasteiger charge is 1.98. The molecule has 0 heterocycles. The lowest BCUT2D eigenvalue weighted by atomic mass is 10.2. The molecule has 1 rings (SSSR count). The molecule has 0 spiro atoms. The lowest BCUT2D eigenvalue weighted by Crippen LogP contribution is -2.20. The molecule has 96 valence electrons. The van der Waals surface area contributed by atoms with Gasteiger partial charge in [0.1, 0.15) is 5.75 Å². The standard InChI is InChI=1S/C13H16N2O2S/c1-15-13(16)10-18-8-2-7-17-12-5-3-11(9-14)4-6-12/h3-6H,2,7-8,10H2,1H3,(H,15,16). The number of amides is 1. The van der Waals surface area contributed by atoms with E-state index in [1.165, 1.54) is 0 Å². The molecule has 18 heavy (non-hydrogen) atoms. The Bertz CT molecular complexity index is 412. The molecule has 0 aliphatic heterocycles. The topological polar surface area (TPSA) is 62.1 Å². The summed E-state index contributed by atoms with van der Waals surface area (Å²) >= 11 is 1.59. The van der Waals surface area contributed by atoms with E-state index in [1.54, 1.807) is 43.1 Å². The van der Waals surface area contributed by atoms with Crippen molar-refractivity contribution in [2.75, 3.05) is 25.2 Å². The maximum Gasteiger partial charge on any atom is 0.229 e. The van der Waals surface area contributed by atoms with Crippen molar-refractivity contribution in [2.45, 2.75) is 6.42 Å². The van der Waals surface area contributed by atoms with Gasteiger partial charge in [-0.3, -0.25) is 4.79 Å². The van der Waals surface area contributed by atoms with Crippen LogP contribution >= 0.6 is 11.8 Å². The minimum Gasteiger partial charge on any atom is -0.494 e. The third-order valence-corrected chi connectivity index (χ3v) is 3.24. The zero-order valence-electron chi connectivity index (χ0n) is 10.3. The van der Waals surface area contributed by atoms with Gasteiger partial charge in [-0.1, -0.05) is 0 Å². The van der Waals surface area contributed by atoms with E-state index in [4.69, 9.17) is 10.00 Å². The van der Waals surface area contributed by atoms with Crippen LogP contribution in [0.1, 0.15) is 12.0 Å². The van der Waals surface area contributed by atoms with Crippen molar-refractivity contribution in [3.05, 3.63) is 29.8 Å². The smallest absolute Gasteiger partial charge is 0.229 e. The largest absolute Gasteiger partial charge is 0.494 e. The van der Waals surface area contributed by atoms with Crippen molar-refractivity contribution in [2.24, 2.45) is 0 Å². The van der Waals surface area contributed by atoms with Crippen molar-refractivity contribution < 1.29 is 9.53 Å². The molecular formula is C13H16N2O2S. The summed E-state index contributed by atoms with van der Waals surface area (Å²) in [5, 5.41) is 11.2. The van der Waals surface area contributed by atoms with E-state index < -0.39 is 0 Å². The SMILES string of the molecule is CNC(=O)CSCCCOc1ccc(C#N)cc1. The van der Waals surface area contributed by atoms with Crippen LogP contribution in [0.3, 0.4) is 0 Å². The number of carbonyl (C=O) groups is 1. The molecule has 0 aliphatic rings. The first-order valence-electron chi connectivity index (χ1n) is 5.67. The van der Waals surface area contributed by atoms with Gasteiger partial charge in [0.2, 0.25) is 5.91 Å². The fourth-order valence-corrected chi connectivity index (χ4v) is 2.01. The van der Waals surface area contributed by atoms with E-state index >= 15 is 0 Å². The average molecular weight is 264 g/mol. The van der Waals surface area contributed by atoms with Crippen LogP contribution in [-0.4, -0.2) is 31.1 Å². The molecule has 0 radical (unpaired) electrons. The van der Waals surface area contributed by atoms with Gasteiger partial charge in [0, 0.05) is 7.05 Å². The van der Waals surface area contributed by atoms with Crippen LogP contribution in [0.5, 0.6) is 5.75 Å². The molecule has 4 nitrogen and oxygen atoms in total. The fraction of sp³-hybridized carbons (Fsp3) is 0.385. The molecule has 5 heteroatoms. The van der Waals surface area contributed by atoms with Crippen molar-refractivity contribution in [3.8, 4) is 11.8 Å². The Morgan fingerprint density at radius 3 is 2.78 bits per heavy atom. The number of ether oxygens (including phenoxy) is 1. The first-order chi connectivity index (χ1) is 8.76. The number of nitrogens with one attached hydrogen (secondary N) is 1. The summed E-state index contributed by atoms with van der Waals surface area (Å²) in [6.07, 6.45) is 0.891. The number of carbonyl (C=O) groups excluding carboxylic acids is 1. The Hall–Kier alpha value is -1.67. The van der Waals surface area contributed by atoms with Gasteiger partial charge in [0.25, 0.3) is 0 Å². The minimum absolute atomic E-state index is 0.0491. The van der Waals surface area contributed by atoms with Crippen LogP contribution in [0.15, 0.2) is 24.3 Å². The Labute approximate surface area is 111 Å². The minimum atomic E-state index is 0.0491. The maximum atomic E-state index is 10.9. The summed E-state index contributed by atoms with van der Waals surface area (Å²) in [4.78, 5) is 10.9. The molecule has 0 saturated carbocycles. The number of thioether (sulfide) groups is 1. The fourth-order valence-electron chi connectivity index (χ4n) is 1.21. The van der Waals surface area contributed by atoms with E-state index in [9.17, 15) is 4.79 Å². The molecule has 1 amide bonds. The van der Waals surface area contributed by atoms with Crippen LogP contribution in [0.25, 0.3) is 0 Å². The Balaban J connectivity index is 2.10. The Kier molecular flexibility index (Phi) is 6.74. The molecule has 1 aromatic rings. The summed E-state index contributed by atoms with van der Waals surface area (Å²) in [5.74, 6) is 2.20. The molecule has 1 N–H and O–H groups in total. The molecule has 1 aromatic carbocycles. The van der Waals surface area contributed by atoms with Gasteiger partial charge in [-0.2, -0.15) is 17.0 Å². The molecule has 0 saturated heterocycles. The van der Waals surface area contributed by atoms with E-state index in [-0.39, 0.29) is 5.91 Å². The van der Waals surface area contributed by atoms with Gasteiger partial charge in [-0.15, -0.1) is 0 Å².